The summed E-state index contributed by atoms with van der Waals surface area (Å²) >= 11 is 0. The van der Waals surface area contributed by atoms with Gasteiger partial charge in [0.1, 0.15) is 5.75 Å². The first-order chi connectivity index (χ1) is 10.9. The molecule has 4 nitrogen and oxygen atoms in total. The summed E-state index contributed by atoms with van der Waals surface area (Å²) in [4.78, 5) is 0.289. The van der Waals surface area contributed by atoms with Gasteiger partial charge in [0.25, 0.3) is 0 Å². The molecule has 2 aromatic rings. The minimum Gasteiger partial charge on any atom is -0.495 e. The minimum absolute atomic E-state index is 0.0355. The highest BCUT2D eigenvalue weighted by Crippen LogP contribution is 2.17. The van der Waals surface area contributed by atoms with E-state index in [1.165, 1.54) is 0 Å². The van der Waals surface area contributed by atoms with Crippen molar-refractivity contribution in [1.82, 2.24) is 4.72 Å². The van der Waals surface area contributed by atoms with Crippen LogP contribution in [0.5, 0.6) is 5.75 Å². The lowest BCUT2D eigenvalue weighted by atomic mass is 10.2. The second-order valence-corrected chi connectivity index (χ2v) is 6.83. The molecule has 0 aromatic heterocycles. The fourth-order valence-electron chi connectivity index (χ4n) is 2.09. The van der Waals surface area contributed by atoms with Crippen LogP contribution in [0.15, 0.2) is 47.4 Å². The lowest BCUT2D eigenvalue weighted by Gasteiger charge is -2.08. The van der Waals surface area contributed by atoms with Crippen LogP contribution in [-0.2, 0) is 10.0 Å². The molecule has 120 valence electrons. The van der Waals surface area contributed by atoms with Crippen LogP contribution in [0.2, 0.25) is 0 Å². The predicted octanol–water partition coefficient (Wildman–Crippen LogP) is 2.64. The van der Waals surface area contributed by atoms with Gasteiger partial charge in [-0.05, 0) is 43.2 Å². The Morgan fingerprint density at radius 3 is 2.61 bits per heavy atom. The third-order valence-electron chi connectivity index (χ3n) is 3.31. The molecule has 1 N–H and O–H groups in total. The molecule has 0 aliphatic rings. The van der Waals surface area contributed by atoms with Crippen molar-refractivity contribution in [3.8, 4) is 17.6 Å². The van der Waals surface area contributed by atoms with E-state index in [2.05, 4.69) is 16.6 Å². The first-order valence-corrected chi connectivity index (χ1v) is 8.61. The van der Waals surface area contributed by atoms with E-state index in [0.717, 1.165) is 11.1 Å². The molecule has 0 spiro atoms. The Morgan fingerprint density at radius 2 is 1.87 bits per heavy atom. The van der Waals surface area contributed by atoms with E-state index >= 15 is 0 Å². The second kappa shape index (κ2) is 7.32. The Labute approximate surface area is 137 Å². The Bertz CT molecular complexity index is 861. The molecule has 0 aliphatic carbocycles. The van der Waals surface area contributed by atoms with Crippen LogP contribution in [0.3, 0.4) is 0 Å². The van der Waals surface area contributed by atoms with Gasteiger partial charge in [0.05, 0.1) is 24.1 Å². The van der Waals surface area contributed by atoms with Crippen molar-refractivity contribution in [2.24, 2.45) is 0 Å². The van der Waals surface area contributed by atoms with Gasteiger partial charge < -0.3 is 4.74 Å². The zero-order valence-electron chi connectivity index (χ0n) is 13.4. The molecular formula is C18H19NO3S. The van der Waals surface area contributed by atoms with Crippen molar-refractivity contribution >= 4 is 10.0 Å². The van der Waals surface area contributed by atoms with Crippen molar-refractivity contribution in [3.05, 3.63) is 59.2 Å². The van der Waals surface area contributed by atoms with Crippen molar-refractivity contribution in [1.29, 1.82) is 0 Å². The average Bonchev–Trinajstić information content (AvgIpc) is 2.54. The zero-order chi connectivity index (χ0) is 16.9. The van der Waals surface area contributed by atoms with Crippen LogP contribution in [0.1, 0.15) is 16.7 Å². The lowest BCUT2D eigenvalue weighted by molar-refractivity contribution is 0.413. The number of methoxy groups -OCH3 is 1. The summed E-state index contributed by atoms with van der Waals surface area (Å²) in [7, 11) is -1.99. The summed E-state index contributed by atoms with van der Waals surface area (Å²) in [6.45, 7) is 3.67. The third kappa shape index (κ3) is 4.35. The number of hydrogen-bond donors (Lipinski definition) is 1. The molecule has 0 amide bonds. The normalized spacial score (nSPS) is 10.7. The molecule has 0 atom stereocenters. The Kier molecular flexibility index (Phi) is 5.43. The van der Waals surface area contributed by atoms with Gasteiger partial charge in [-0.25, -0.2) is 8.42 Å². The second-order valence-electron chi connectivity index (χ2n) is 5.10. The van der Waals surface area contributed by atoms with Crippen LogP contribution in [0.4, 0.5) is 0 Å². The number of hydrogen-bond acceptors (Lipinski definition) is 3. The number of rotatable bonds is 4. The monoisotopic (exact) mass is 329 g/mol. The first kappa shape index (κ1) is 17.1. The summed E-state index contributed by atoms with van der Waals surface area (Å²) in [5.41, 5.74) is 2.33. The molecule has 2 rings (SSSR count). The van der Waals surface area contributed by atoms with E-state index < -0.39 is 10.0 Å². The van der Waals surface area contributed by atoms with E-state index in [9.17, 15) is 8.42 Å². The molecule has 0 saturated carbocycles. The van der Waals surface area contributed by atoms with E-state index in [0.29, 0.717) is 11.3 Å². The number of nitrogens with one attached hydrogen (secondary N) is 1. The molecule has 0 fully saturated rings. The SMILES string of the molecule is COc1ccccc1C#CCNS(=O)(=O)c1cc(C)ccc1C. The number of aryl methyl sites for hydroxylation is 2. The highest BCUT2D eigenvalue weighted by Gasteiger charge is 2.15. The van der Waals surface area contributed by atoms with Gasteiger partial charge in [-0.3, -0.25) is 0 Å². The number of ether oxygens (including phenoxy) is 1. The van der Waals surface area contributed by atoms with E-state index in [4.69, 9.17) is 4.74 Å². The average molecular weight is 329 g/mol. The maximum absolute atomic E-state index is 12.3. The van der Waals surface area contributed by atoms with Crippen molar-refractivity contribution in [3.63, 3.8) is 0 Å². The van der Waals surface area contributed by atoms with E-state index in [-0.39, 0.29) is 11.4 Å². The van der Waals surface area contributed by atoms with Gasteiger partial charge in [-0.1, -0.05) is 36.1 Å². The minimum atomic E-state index is -3.57. The summed E-state index contributed by atoms with van der Waals surface area (Å²) in [6, 6.07) is 12.7. The standard InChI is InChI=1S/C18H19NO3S/c1-14-10-11-15(2)18(13-14)23(20,21)19-12-6-8-16-7-4-5-9-17(16)22-3/h4-5,7,9-11,13,19H,12H2,1-3H3. The third-order valence-corrected chi connectivity index (χ3v) is 4.86. The molecule has 0 unspecified atom stereocenters. The summed E-state index contributed by atoms with van der Waals surface area (Å²) in [5.74, 6) is 6.39. The predicted molar refractivity (Wildman–Crippen MR) is 91.0 cm³/mol. The van der Waals surface area contributed by atoms with Gasteiger partial charge in [0.15, 0.2) is 0 Å². The first-order valence-electron chi connectivity index (χ1n) is 7.13. The van der Waals surface area contributed by atoms with Crippen LogP contribution < -0.4 is 9.46 Å². The lowest BCUT2D eigenvalue weighted by Crippen LogP contribution is -2.24. The van der Waals surface area contributed by atoms with Crippen molar-refractivity contribution < 1.29 is 13.2 Å². The molecule has 0 radical (unpaired) electrons. The van der Waals surface area contributed by atoms with Crippen LogP contribution in [0.25, 0.3) is 0 Å². The maximum atomic E-state index is 12.3. The Morgan fingerprint density at radius 1 is 1.13 bits per heavy atom. The van der Waals surface area contributed by atoms with Gasteiger partial charge in [0.2, 0.25) is 10.0 Å². The molecular weight excluding hydrogens is 310 g/mol. The maximum Gasteiger partial charge on any atom is 0.241 e. The van der Waals surface area contributed by atoms with E-state index in [1.54, 1.807) is 26.2 Å². The van der Waals surface area contributed by atoms with Gasteiger partial charge >= 0.3 is 0 Å². The van der Waals surface area contributed by atoms with Crippen LogP contribution in [-0.4, -0.2) is 22.1 Å². The van der Waals surface area contributed by atoms with Crippen LogP contribution in [0, 0.1) is 25.7 Å². The largest absolute Gasteiger partial charge is 0.495 e. The highest BCUT2D eigenvalue weighted by molar-refractivity contribution is 7.89. The number of benzene rings is 2. The molecule has 0 saturated heterocycles. The van der Waals surface area contributed by atoms with Crippen molar-refractivity contribution in [2.75, 3.05) is 13.7 Å². The quantitative estimate of drug-likeness (QED) is 0.878. The molecule has 5 heteroatoms. The number of sulfonamides is 1. The Hall–Kier alpha value is -2.29. The summed E-state index contributed by atoms with van der Waals surface area (Å²) < 4.78 is 32.4. The number of para-hydroxylation sites is 1. The van der Waals surface area contributed by atoms with Gasteiger partial charge in [-0.15, -0.1) is 0 Å². The topological polar surface area (TPSA) is 55.4 Å². The summed E-state index contributed by atoms with van der Waals surface area (Å²) in [5, 5.41) is 0. The molecule has 0 aliphatic heterocycles. The van der Waals surface area contributed by atoms with Crippen LogP contribution >= 0.6 is 0 Å². The fourth-order valence-corrected chi connectivity index (χ4v) is 3.34. The summed E-state index contributed by atoms with van der Waals surface area (Å²) in [6.07, 6.45) is 0. The molecule has 0 heterocycles. The van der Waals surface area contributed by atoms with Gasteiger partial charge in [0, 0.05) is 0 Å². The molecule has 2 aromatic carbocycles. The zero-order valence-corrected chi connectivity index (χ0v) is 14.2. The fraction of sp³-hybridized carbons (Fsp3) is 0.222. The van der Waals surface area contributed by atoms with Crippen molar-refractivity contribution in [2.45, 2.75) is 18.7 Å². The van der Waals surface area contributed by atoms with Gasteiger partial charge in [-0.2, -0.15) is 4.72 Å². The van der Waals surface area contributed by atoms with E-state index in [1.807, 2.05) is 37.3 Å². The smallest absolute Gasteiger partial charge is 0.241 e. The molecule has 0 bridgehead atoms. The Balaban J connectivity index is 2.12. The highest BCUT2D eigenvalue weighted by atomic mass is 32.2. The molecule has 23 heavy (non-hydrogen) atoms.